The average Bonchev–Trinajstić information content (AvgIpc) is 2.64. The Hall–Kier alpha value is -1.41. The highest BCUT2D eigenvalue weighted by Gasteiger charge is 2.27. The van der Waals surface area contributed by atoms with Crippen LogP contribution < -0.4 is 0 Å². The van der Waals surface area contributed by atoms with Gasteiger partial charge in [0, 0.05) is 13.6 Å². The number of hydrogen-bond acceptors (Lipinski definition) is 4. The summed E-state index contributed by atoms with van der Waals surface area (Å²) in [4.78, 5) is 10.7. The van der Waals surface area contributed by atoms with Gasteiger partial charge in [0.1, 0.15) is 4.90 Å². The molecule has 0 saturated carbocycles. The molecular weight excluding hydrogens is 246 g/mol. The number of aryl methyl sites for hydroxylation is 1. The van der Waals surface area contributed by atoms with E-state index in [0.29, 0.717) is 5.69 Å². The number of rotatable bonds is 5. The van der Waals surface area contributed by atoms with Crippen molar-refractivity contribution in [3.63, 3.8) is 0 Å². The van der Waals surface area contributed by atoms with Crippen LogP contribution in [0.4, 0.5) is 0 Å². The fourth-order valence-electron chi connectivity index (χ4n) is 1.33. The molecular formula is C9H15N3O4S. The Morgan fingerprint density at radius 1 is 1.65 bits per heavy atom. The van der Waals surface area contributed by atoms with E-state index in [9.17, 15) is 13.2 Å². The molecule has 0 amide bonds. The smallest absolute Gasteiger partial charge is 0.307 e. The van der Waals surface area contributed by atoms with E-state index in [-0.39, 0.29) is 11.4 Å². The molecule has 1 atom stereocenters. The Labute approximate surface area is 99.5 Å². The molecule has 8 heteroatoms. The first kappa shape index (κ1) is 13.7. The van der Waals surface area contributed by atoms with Gasteiger partial charge in [-0.3, -0.25) is 9.89 Å². The number of aromatic nitrogens is 2. The zero-order valence-electron chi connectivity index (χ0n) is 9.84. The second-order valence-corrected chi connectivity index (χ2v) is 5.90. The summed E-state index contributed by atoms with van der Waals surface area (Å²) in [5.74, 6) is -1.79. The van der Waals surface area contributed by atoms with Crippen molar-refractivity contribution in [2.75, 3.05) is 13.6 Å². The Morgan fingerprint density at radius 3 is 2.65 bits per heavy atom. The molecule has 1 aromatic heterocycles. The van der Waals surface area contributed by atoms with Crippen LogP contribution in [0.1, 0.15) is 12.6 Å². The van der Waals surface area contributed by atoms with Gasteiger partial charge in [0.2, 0.25) is 10.0 Å². The van der Waals surface area contributed by atoms with Crippen molar-refractivity contribution in [2.45, 2.75) is 18.7 Å². The van der Waals surface area contributed by atoms with Crippen LogP contribution in [-0.4, -0.2) is 47.6 Å². The SMILES string of the molecule is Cc1[nH]ncc1S(=O)(=O)N(C)CC(C)C(=O)O. The molecule has 0 spiro atoms. The van der Waals surface area contributed by atoms with E-state index in [2.05, 4.69) is 10.2 Å². The van der Waals surface area contributed by atoms with Crippen LogP contribution in [0.25, 0.3) is 0 Å². The molecule has 7 nitrogen and oxygen atoms in total. The number of nitrogens with zero attached hydrogens (tertiary/aromatic N) is 2. The maximum atomic E-state index is 12.0. The van der Waals surface area contributed by atoms with Crippen LogP contribution in [0.15, 0.2) is 11.1 Å². The highest BCUT2D eigenvalue weighted by molar-refractivity contribution is 7.89. The van der Waals surface area contributed by atoms with Gasteiger partial charge >= 0.3 is 5.97 Å². The number of carbonyl (C=O) groups is 1. The normalized spacial score (nSPS) is 13.9. The Balaban J connectivity index is 2.93. The Morgan fingerprint density at radius 2 is 2.24 bits per heavy atom. The predicted molar refractivity (Wildman–Crippen MR) is 59.9 cm³/mol. The van der Waals surface area contributed by atoms with Crippen LogP contribution >= 0.6 is 0 Å². The van der Waals surface area contributed by atoms with Crippen molar-refractivity contribution in [2.24, 2.45) is 5.92 Å². The number of sulfonamides is 1. The van der Waals surface area contributed by atoms with E-state index in [0.717, 1.165) is 4.31 Å². The van der Waals surface area contributed by atoms with E-state index in [1.54, 1.807) is 6.92 Å². The molecule has 0 aromatic carbocycles. The van der Waals surface area contributed by atoms with E-state index in [1.807, 2.05) is 0 Å². The topological polar surface area (TPSA) is 103 Å². The summed E-state index contributed by atoms with van der Waals surface area (Å²) < 4.78 is 25.1. The van der Waals surface area contributed by atoms with E-state index in [4.69, 9.17) is 5.11 Å². The maximum Gasteiger partial charge on any atom is 0.307 e. The number of hydrogen-bond donors (Lipinski definition) is 2. The number of aromatic amines is 1. The van der Waals surface area contributed by atoms with Gasteiger partial charge in [0.25, 0.3) is 0 Å². The number of carboxylic acid groups (broad SMARTS) is 1. The minimum atomic E-state index is -3.68. The molecule has 1 aromatic rings. The molecule has 0 aliphatic heterocycles. The predicted octanol–water partition coefficient (Wildman–Crippen LogP) is 0.0593. The standard InChI is InChI=1S/C9H15N3O4S/c1-6(9(13)14)5-12(3)17(15,16)8-4-10-11-7(8)2/h4,6H,5H2,1-3H3,(H,10,11)(H,13,14). The second kappa shape index (κ2) is 4.84. The molecule has 17 heavy (non-hydrogen) atoms. The fourth-order valence-corrected chi connectivity index (χ4v) is 2.70. The third kappa shape index (κ3) is 2.83. The lowest BCUT2D eigenvalue weighted by Gasteiger charge is -2.18. The zero-order chi connectivity index (χ0) is 13.2. The molecule has 0 fully saturated rings. The molecule has 1 heterocycles. The second-order valence-electron chi connectivity index (χ2n) is 3.88. The summed E-state index contributed by atoms with van der Waals surface area (Å²) in [6, 6.07) is 0. The van der Waals surface area contributed by atoms with Crippen LogP contribution in [0.5, 0.6) is 0 Å². The van der Waals surface area contributed by atoms with Crippen molar-refractivity contribution in [3.8, 4) is 0 Å². The quantitative estimate of drug-likeness (QED) is 0.780. The van der Waals surface area contributed by atoms with Crippen molar-refractivity contribution in [1.29, 1.82) is 0 Å². The summed E-state index contributed by atoms with van der Waals surface area (Å²) in [5.41, 5.74) is 0.430. The number of H-pyrrole nitrogens is 1. The third-order valence-electron chi connectivity index (χ3n) is 2.42. The third-order valence-corrected chi connectivity index (χ3v) is 4.36. The van der Waals surface area contributed by atoms with E-state index >= 15 is 0 Å². The molecule has 1 rings (SSSR count). The fraction of sp³-hybridized carbons (Fsp3) is 0.556. The van der Waals surface area contributed by atoms with Crippen molar-refractivity contribution in [3.05, 3.63) is 11.9 Å². The first-order valence-corrected chi connectivity index (χ1v) is 6.40. The van der Waals surface area contributed by atoms with Crippen molar-refractivity contribution in [1.82, 2.24) is 14.5 Å². The summed E-state index contributed by atoms with van der Waals surface area (Å²) in [5, 5.41) is 14.9. The van der Waals surface area contributed by atoms with Gasteiger partial charge in [-0.05, 0) is 6.92 Å². The molecule has 0 aliphatic rings. The van der Waals surface area contributed by atoms with Crippen LogP contribution in [0, 0.1) is 12.8 Å². The molecule has 0 bridgehead atoms. The number of carboxylic acids is 1. The van der Waals surface area contributed by atoms with Gasteiger partial charge in [0.15, 0.2) is 0 Å². The molecule has 0 saturated heterocycles. The summed E-state index contributed by atoms with van der Waals surface area (Å²) in [7, 11) is -2.33. The highest BCUT2D eigenvalue weighted by atomic mass is 32.2. The lowest BCUT2D eigenvalue weighted by atomic mass is 10.2. The van der Waals surface area contributed by atoms with Gasteiger partial charge in [-0.15, -0.1) is 0 Å². The largest absolute Gasteiger partial charge is 0.481 e. The monoisotopic (exact) mass is 261 g/mol. The molecule has 0 radical (unpaired) electrons. The minimum Gasteiger partial charge on any atom is -0.481 e. The average molecular weight is 261 g/mol. The van der Waals surface area contributed by atoms with Gasteiger partial charge < -0.3 is 5.11 Å². The van der Waals surface area contributed by atoms with Gasteiger partial charge in [-0.25, -0.2) is 8.42 Å². The van der Waals surface area contributed by atoms with Crippen molar-refractivity contribution >= 4 is 16.0 Å². The Kier molecular flexibility index (Phi) is 3.89. The van der Waals surface area contributed by atoms with Crippen LogP contribution in [0.3, 0.4) is 0 Å². The summed E-state index contributed by atoms with van der Waals surface area (Å²) >= 11 is 0. The lowest BCUT2D eigenvalue weighted by Crippen LogP contribution is -2.33. The zero-order valence-corrected chi connectivity index (χ0v) is 10.7. The van der Waals surface area contributed by atoms with Gasteiger partial charge in [-0.2, -0.15) is 9.40 Å². The lowest BCUT2D eigenvalue weighted by molar-refractivity contribution is -0.141. The van der Waals surface area contributed by atoms with Crippen LogP contribution in [-0.2, 0) is 14.8 Å². The van der Waals surface area contributed by atoms with E-state index in [1.165, 1.54) is 20.2 Å². The van der Waals surface area contributed by atoms with Crippen LogP contribution in [0.2, 0.25) is 0 Å². The number of nitrogens with one attached hydrogen (secondary N) is 1. The molecule has 96 valence electrons. The first-order valence-electron chi connectivity index (χ1n) is 4.96. The summed E-state index contributed by atoms with van der Waals surface area (Å²) in [6.45, 7) is 2.97. The molecule has 0 aliphatic carbocycles. The van der Waals surface area contributed by atoms with E-state index < -0.39 is 21.9 Å². The van der Waals surface area contributed by atoms with Crippen molar-refractivity contribution < 1.29 is 18.3 Å². The Bertz CT molecular complexity index is 508. The highest BCUT2D eigenvalue weighted by Crippen LogP contribution is 2.17. The summed E-state index contributed by atoms with van der Waals surface area (Å²) in [6.07, 6.45) is 1.21. The minimum absolute atomic E-state index is 0.0672. The molecule has 1 unspecified atom stereocenters. The molecule has 2 N–H and O–H groups in total. The first-order chi connectivity index (χ1) is 7.76. The van der Waals surface area contributed by atoms with Gasteiger partial charge in [-0.1, -0.05) is 6.92 Å². The van der Waals surface area contributed by atoms with Gasteiger partial charge in [0.05, 0.1) is 17.8 Å². The number of aliphatic carboxylic acids is 1. The maximum absolute atomic E-state index is 12.0.